The van der Waals surface area contributed by atoms with Gasteiger partial charge in [0.05, 0.1) is 23.6 Å². The maximum atomic E-state index is 13.2. The molecule has 1 atom stereocenters. The lowest BCUT2D eigenvalue weighted by Crippen LogP contribution is -2.44. The number of rotatable bonds is 4. The molecule has 2 saturated heterocycles. The number of aryl methyl sites for hydroxylation is 1. The van der Waals surface area contributed by atoms with Crippen LogP contribution in [0.25, 0.3) is 11.0 Å². The number of hydrogen-bond acceptors (Lipinski definition) is 4. The summed E-state index contributed by atoms with van der Waals surface area (Å²) in [4.78, 5) is 33.2. The van der Waals surface area contributed by atoms with Crippen LogP contribution in [0, 0.1) is 5.92 Å². The average Bonchev–Trinajstić information content (AvgIpc) is 3.26. The fraction of sp³-hybridized carbons (Fsp3) is 0.550. The molecule has 1 unspecified atom stereocenters. The summed E-state index contributed by atoms with van der Waals surface area (Å²) in [5, 5.41) is 0. The number of imidazole rings is 1. The summed E-state index contributed by atoms with van der Waals surface area (Å²) in [6.45, 7) is 2.59. The van der Waals surface area contributed by atoms with Gasteiger partial charge in [-0.1, -0.05) is 12.1 Å². The predicted octanol–water partition coefficient (Wildman–Crippen LogP) is 1.43. The van der Waals surface area contributed by atoms with Crippen LogP contribution in [0.2, 0.25) is 0 Å². The maximum Gasteiger partial charge on any atom is 0.231 e. The van der Waals surface area contributed by atoms with Crippen molar-refractivity contribution in [3.8, 4) is 0 Å². The van der Waals surface area contributed by atoms with Crippen molar-refractivity contribution in [2.24, 2.45) is 18.7 Å². The van der Waals surface area contributed by atoms with Crippen molar-refractivity contribution in [3.05, 3.63) is 30.1 Å². The number of carbonyl (C=O) groups excluding carboxylic acids is 2. The van der Waals surface area contributed by atoms with Gasteiger partial charge in [-0.3, -0.25) is 14.5 Å². The average molecular weight is 369 g/mol. The normalized spacial score (nSPS) is 21.8. The van der Waals surface area contributed by atoms with Gasteiger partial charge in [-0.15, -0.1) is 0 Å². The highest BCUT2D eigenvalue weighted by Gasteiger charge is 2.37. The Labute approximate surface area is 159 Å². The van der Waals surface area contributed by atoms with Gasteiger partial charge in [-0.2, -0.15) is 0 Å². The van der Waals surface area contributed by atoms with Crippen LogP contribution in [0.4, 0.5) is 0 Å². The third kappa shape index (κ3) is 3.43. The third-order valence-corrected chi connectivity index (χ3v) is 5.97. The molecule has 7 heteroatoms. The lowest BCUT2D eigenvalue weighted by molar-refractivity contribution is -0.138. The van der Waals surface area contributed by atoms with Crippen molar-refractivity contribution < 1.29 is 9.59 Å². The minimum Gasteiger partial charge on any atom is -0.369 e. The summed E-state index contributed by atoms with van der Waals surface area (Å²) in [6, 6.07) is 8.16. The first-order valence-electron chi connectivity index (χ1n) is 9.77. The van der Waals surface area contributed by atoms with E-state index in [2.05, 4.69) is 10.6 Å². The van der Waals surface area contributed by atoms with E-state index in [0.717, 1.165) is 62.2 Å². The molecule has 1 aromatic carbocycles. The molecular weight excluding hydrogens is 342 g/mol. The fourth-order valence-electron chi connectivity index (χ4n) is 4.55. The first-order chi connectivity index (χ1) is 13.0. The number of likely N-dealkylation sites (tertiary alicyclic amines) is 2. The second-order valence-electron chi connectivity index (χ2n) is 7.72. The fourth-order valence-corrected chi connectivity index (χ4v) is 4.55. The van der Waals surface area contributed by atoms with Crippen LogP contribution in [0.3, 0.4) is 0 Å². The molecular formula is C20H27N5O2. The van der Waals surface area contributed by atoms with Gasteiger partial charge in [0, 0.05) is 19.5 Å². The Morgan fingerprint density at radius 1 is 1.15 bits per heavy atom. The SMILES string of the molecule is Cn1c(C2CCCN2C(=O)C2CCN(CC(N)=O)CC2)nc2ccccc21. The number of amides is 2. The molecule has 0 aliphatic carbocycles. The Morgan fingerprint density at radius 3 is 2.59 bits per heavy atom. The topological polar surface area (TPSA) is 84.5 Å². The standard InChI is InChI=1S/C20H27N5O2/c1-23-16-6-3-2-5-15(16)22-19(23)17-7-4-10-25(17)20(27)14-8-11-24(12-9-14)13-18(21)26/h2-3,5-6,14,17H,4,7-13H2,1H3,(H2,21,26). The molecule has 2 N–H and O–H groups in total. The van der Waals surface area contributed by atoms with E-state index in [1.165, 1.54) is 0 Å². The maximum absolute atomic E-state index is 13.2. The Kier molecular flexibility index (Phi) is 4.86. The van der Waals surface area contributed by atoms with E-state index in [1.54, 1.807) is 0 Å². The highest BCUT2D eigenvalue weighted by atomic mass is 16.2. The van der Waals surface area contributed by atoms with Crippen molar-refractivity contribution >= 4 is 22.8 Å². The molecule has 7 nitrogen and oxygen atoms in total. The van der Waals surface area contributed by atoms with Crippen LogP contribution in [0.5, 0.6) is 0 Å². The number of benzene rings is 1. The monoisotopic (exact) mass is 369 g/mol. The predicted molar refractivity (Wildman–Crippen MR) is 103 cm³/mol. The summed E-state index contributed by atoms with van der Waals surface area (Å²) in [7, 11) is 2.04. The molecule has 2 fully saturated rings. The van der Waals surface area contributed by atoms with E-state index in [0.29, 0.717) is 0 Å². The van der Waals surface area contributed by atoms with E-state index in [9.17, 15) is 9.59 Å². The second-order valence-corrected chi connectivity index (χ2v) is 7.72. The highest BCUT2D eigenvalue weighted by molar-refractivity contribution is 5.80. The Hall–Kier alpha value is -2.41. The molecule has 2 amide bonds. The quantitative estimate of drug-likeness (QED) is 0.884. The van der Waals surface area contributed by atoms with Gasteiger partial charge in [0.2, 0.25) is 11.8 Å². The lowest BCUT2D eigenvalue weighted by Gasteiger charge is -2.34. The number of nitrogens with two attached hydrogens (primary N) is 1. The first-order valence-corrected chi connectivity index (χ1v) is 9.77. The summed E-state index contributed by atoms with van der Waals surface area (Å²) in [5.41, 5.74) is 7.36. The minimum atomic E-state index is -0.304. The molecule has 0 saturated carbocycles. The molecule has 0 bridgehead atoms. The van der Waals surface area contributed by atoms with Gasteiger partial charge < -0.3 is 15.2 Å². The van der Waals surface area contributed by atoms with E-state index in [1.807, 2.05) is 35.0 Å². The number of primary amides is 1. The van der Waals surface area contributed by atoms with Crippen LogP contribution < -0.4 is 5.73 Å². The summed E-state index contributed by atoms with van der Waals surface area (Å²) >= 11 is 0. The summed E-state index contributed by atoms with van der Waals surface area (Å²) in [6.07, 6.45) is 3.55. The van der Waals surface area contributed by atoms with Gasteiger partial charge >= 0.3 is 0 Å². The van der Waals surface area contributed by atoms with Crippen LogP contribution in [0.15, 0.2) is 24.3 Å². The number of hydrogen-bond donors (Lipinski definition) is 1. The van der Waals surface area contributed by atoms with Crippen molar-refractivity contribution in [1.82, 2.24) is 19.4 Å². The third-order valence-electron chi connectivity index (χ3n) is 5.97. The Balaban J connectivity index is 1.49. The zero-order valence-electron chi connectivity index (χ0n) is 15.8. The van der Waals surface area contributed by atoms with Crippen molar-refractivity contribution in [3.63, 3.8) is 0 Å². The number of nitrogens with zero attached hydrogens (tertiary/aromatic N) is 4. The molecule has 144 valence electrons. The van der Waals surface area contributed by atoms with Gasteiger partial charge in [0.25, 0.3) is 0 Å². The van der Waals surface area contributed by atoms with Crippen molar-refractivity contribution in [2.45, 2.75) is 31.7 Å². The molecule has 2 aromatic rings. The molecule has 3 heterocycles. The first kappa shape index (κ1) is 18.0. The molecule has 0 spiro atoms. The molecule has 2 aliphatic heterocycles. The molecule has 1 aromatic heterocycles. The summed E-state index contributed by atoms with van der Waals surface area (Å²) < 4.78 is 2.13. The van der Waals surface area contributed by atoms with E-state index >= 15 is 0 Å². The van der Waals surface area contributed by atoms with E-state index in [4.69, 9.17) is 10.7 Å². The van der Waals surface area contributed by atoms with Crippen LogP contribution >= 0.6 is 0 Å². The van der Waals surface area contributed by atoms with Gasteiger partial charge in [0.1, 0.15) is 5.82 Å². The molecule has 27 heavy (non-hydrogen) atoms. The van der Waals surface area contributed by atoms with E-state index in [-0.39, 0.29) is 30.3 Å². The van der Waals surface area contributed by atoms with Gasteiger partial charge in [0.15, 0.2) is 0 Å². The van der Waals surface area contributed by atoms with Crippen molar-refractivity contribution in [1.29, 1.82) is 0 Å². The number of para-hydroxylation sites is 2. The largest absolute Gasteiger partial charge is 0.369 e. The lowest BCUT2D eigenvalue weighted by atomic mass is 9.95. The number of fused-ring (bicyclic) bond motifs is 1. The van der Waals surface area contributed by atoms with E-state index < -0.39 is 0 Å². The number of piperidine rings is 1. The number of carbonyl (C=O) groups is 2. The highest BCUT2D eigenvalue weighted by Crippen LogP contribution is 2.35. The van der Waals surface area contributed by atoms with Crippen LogP contribution in [-0.2, 0) is 16.6 Å². The Bertz CT molecular complexity index is 853. The second kappa shape index (κ2) is 7.31. The van der Waals surface area contributed by atoms with Gasteiger partial charge in [-0.25, -0.2) is 4.98 Å². The van der Waals surface area contributed by atoms with Gasteiger partial charge in [-0.05, 0) is 50.9 Å². The molecule has 0 radical (unpaired) electrons. The van der Waals surface area contributed by atoms with Crippen LogP contribution in [0.1, 0.15) is 37.5 Å². The molecule has 2 aliphatic rings. The smallest absolute Gasteiger partial charge is 0.231 e. The minimum absolute atomic E-state index is 0.0319. The zero-order valence-corrected chi connectivity index (χ0v) is 15.8. The number of aromatic nitrogens is 2. The zero-order chi connectivity index (χ0) is 19.0. The van der Waals surface area contributed by atoms with Crippen LogP contribution in [-0.4, -0.2) is 57.3 Å². The van der Waals surface area contributed by atoms with Crippen molar-refractivity contribution in [2.75, 3.05) is 26.2 Å². The summed E-state index contributed by atoms with van der Waals surface area (Å²) in [5.74, 6) is 0.946. The molecule has 4 rings (SSSR count). The Morgan fingerprint density at radius 2 is 1.89 bits per heavy atom.